The van der Waals surface area contributed by atoms with Crippen LogP contribution in [-0.2, 0) is 11.3 Å². The molecule has 0 saturated heterocycles. The average Bonchev–Trinajstić information content (AvgIpc) is 2.76. The van der Waals surface area contributed by atoms with E-state index >= 15 is 0 Å². The summed E-state index contributed by atoms with van der Waals surface area (Å²) in [5.74, 6) is -0.185. The van der Waals surface area contributed by atoms with Crippen molar-refractivity contribution >= 4 is 10.9 Å². The molecule has 0 saturated carbocycles. The summed E-state index contributed by atoms with van der Waals surface area (Å²) in [4.78, 5) is 0. The molecule has 3 nitrogen and oxygen atoms in total. The average molecular weight is 250 g/mol. The fourth-order valence-corrected chi connectivity index (χ4v) is 1.98. The minimum absolute atomic E-state index is 0.185. The Morgan fingerprint density at radius 2 is 2.17 bits per heavy atom. The smallest absolute Gasteiger partial charge is 0.123 e. The molecule has 0 aliphatic heterocycles. The lowest BCUT2D eigenvalue weighted by molar-refractivity contribution is 0.149. The summed E-state index contributed by atoms with van der Waals surface area (Å²) in [6, 6.07) is 6.83. The second-order valence-corrected chi connectivity index (χ2v) is 4.16. The molecule has 0 amide bonds. The molecule has 0 bridgehead atoms. The van der Waals surface area contributed by atoms with Gasteiger partial charge in [0.1, 0.15) is 5.82 Å². The van der Waals surface area contributed by atoms with Crippen molar-refractivity contribution in [1.29, 1.82) is 0 Å². The summed E-state index contributed by atoms with van der Waals surface area (Å²) in [5.41, 5.74) is 1.07. The predicted molar refractivity (Wildman–Crippen MR) is 71.3 cm³/mol. The number of nitrogens with zero attached hydrogens (tertiary/aromatic N) is 1. The van der Waals surface area contributed by atoms with Crippen LogP contribution in [-0.4, -0.2) is 30.9 Å². The van der Waals surface area contributed by atoms with E-state index in [1.807, 2.05) is 25.3 Å². The Hall–Kier alpha value is -1.39. The van der Waals surface area contributed by atoms with Gasteiger partial charge in [0.25, 0.3) is 0 Å². The van der Waals surface area contributed by atoms with Crippen LogP contribution in [0.1, 0.15) is 6.92 Å². The first-order chi connectivity index (χ1) is 8.81. The van der Waals surface area contributed by atoms with Gasteiger partial charge in [-0.05, 0) is 31.2 Å². The highest BCUT2D eigenvalue weighted by molar-refractivity contribution is 5.80. The van der Waals surface area contributed by atoms with Gasteiger partial charge in [0, 0.05) is 43.3 Å². The van der Waals surface area contributed by atoms with Crippen LogP contribution in [0.25, 0.3) is 10.9 Å². The van der Waals surface area contributed by atoms with Crippen molar-refractivity contribution in [2.45, 2.75) is 13.5 Å². The highest BCUT2D eigenvalue weighted by Crippen LogP contribution is 2.16. The molecule has 0 fully saturated rings. The quantitative estimate of drug-likeness (QED) is 0.764. The van der Waals surface area contributed by atoms with Crippen molar-refractivity contribution in [2.75, 3.05) is 26.3 Å². The van der Waals surface area contributed by atoms with E-state index in [2.05, 4.69) is 9.88 Å². The third-order valence-electron chi connectivity index (χ3n) is 2.89. The van der Waals surface area contributed by atoms with E-state index in [-0.39, 0.29) is 5.82 Å². The Morgan fingerprint density at radius 3 is 3.00 bits per heavy atom. The molecular weight excluding hydrogens is 231 g/mol. The van der Waals surface area contributed by atoms with Crippen molar-refractivity contribution < 1.29 is 9.13 Å². The van der Waals surface area contributed by atoms with Crippen LogP contribution in [0.2, 0.25) is 0 Å². The normalized spacial score (nSPS) is 11.2. The Kier molecular flexibility index (Phi) is 4.73. The van der Waals surface area contributed by atoms with Crippen LogP contribution in [0.15, 0.2) is 30.5 Å². The molecule has 2 rings (SSSR count). The Bertz CT molecular complexity index is 495. The highest BCUT2D eigenvalue weighted by atomic mass is 19.1. The maximum atomic E-state index is 13.0. The summed E-state index contributed by atoms with van der Waals surface area (Å²) in [6.45, 7) is 6.12. The van der Waals surface area contributed by atoms with Gasteiger partial charge < -0.3 is 14.6 Å². The summed E-state index contributed by atoms with van der Waals surface area (Å²) in [5, 5.41) is 4.26. The standard InChI is InChI=1S/C14H19FN2O/c1-2-18-10-7-16-6-9-17-8-5-12-11-13(15)3-4-14(12)17/h3-5,8,11,16H,2,6-7,9-10H2,1H3. The van der Waals surface area contributed by atoms with Gasteiger partial charge in [-0.15, -0.1) is 0 Å². The number of rotatable bonds is 7. The zero-order chi connectivity index (χ0) is 12.8. The van der Waals surface area contributed by atoms with Gasteiger partial charge in [-0.2, -0.15) is 0 Å². The lowest BCUT2D eigenvalue weighted by Crippen LogP contribution is -2.23. The number of fused-ring (bicyclic) bond motifs is 1. The van der Waals surface area contributed by atoms with Gasteiger partial charge in [-0.1, -0.05) is 0 Å². The molecule has 98 valence electrons. The molecule has 0 spiro atoms. The van der Waals surface area contributed by atoms with Gasteiger partial charge >= 0.3 is 0 Å². The number of benzene rings is 1. The lowest BCUT2D eigenvalue weighted by Gasteiger charge is -2.07. The van der Waals surface area contributed by atoms with E-state index in [1.165, 1.54) is 6.07 Å². The molecular formula is C14H19FN2O. The molecule has 1 N–H and O–H groups in total. The third kappa shape index (κ3) is 3.31. The van der Waals surface area contributed by atoms with Crippen molar-refractivity contribution in [2.24, 2.45) is 0 Å². The van der Waals surface area contributed by atoms with Crippen LogP contribution >= 0.6 is 0 Å². The summed E-state index contributed by atoms with van der Waals surface area (Å²) in [6.07, 6.45) is 1.99. The van der Waals surface area contributed by atoms with Crippen molar-refractivity contribution in [3.63, 3.8) is 0 Å². The van der Waals surface area contributed by atoms with E-state index in [9.17, 15) is 4.39 Å². The van der Waals surface area contributed by atoms with E-state index in [0.29, 0.717) is 0 Å². The first-order valence-corrected chi connectivity index (χ1v) is 6.34. The maximum Gasteiger partial charge on any atom is 0.123 e. The van der Waals surface area contributed by atoms with Gasteiger partial charge in [0.05, 0.1) is 6.61 Å². The molecule has 1 aromatic heterocycles. The van der Waals surface area contributed by atoms with Crippen LogP contribution in [0, 0.1) is 5.82 Å². The maximum absolute atomic E-state index is 13.0. The van der Waals surface area contributed by atoms with Crippen molar-refractivity contribution in [1.82, 2.24) is 9.88 Å². The third-order valence-corrected chi connectivity index (χ3v) is 2.89. The first kappa shape index (κ1) is 13.1. The fraction of sp³-hybridized carbons (Fsp3) is 0.429. The fourth-order valence-electron chi connectivity index (χ4n) is 1.98. The largest absolute Gasteiger partial charge is 0.380 e. The van der Waals surface area contributed by atoms with Gasteiger partial charge in [-0.25, -0.2) is 4.39 Å². The lowest BCUT2D eigenvalue weighted by atomic mass is 10.2. The van der Waals surface area contributed by atoms with Gasteiger partial charge in [0.15, 0.2) is 0 Å². The summed E-state index contributed by atoms with van der Waals surface area (Å²) >= 11 is 0. The predicted octanol–water partition coefficient (Wildman–Crippen LogP) is 2.41. The molecule has 4 heteroatoms. The summed E-state index contributed by atoms with van der Waals surface area (Å²) in [7, 11) is 0. The number of nitrogens with one attached hydrogen (secondary N) is 1. The van der Waals surface area contributed by atoms with Crippen LogP contribution < -0.4 is 5.32 Å². The van der Waals surface area contributed by atoms with E-state index in [1.54, 1.807) is 6.07 Å². The molecule has 0 unspecified atom stereocenters. The SMILES string of the molecule is CCOCCNCCn1ccc2cc(F)ccc21. The molecule has 2 aromatic rings. The Labute approximate surface area is 107 Å². The summed E-state index contributed by atoms with van der Waals surface area (Å²) < 4.78 is 20.4. The van der Waals surface area contributed by atoms with Crippen molar-refractivity contribution in [3.8, 4) is 0 Å². The van der Waals surface area contributed by atoms with E-state index < -0.39 is 0 Å². The minimum atomic E-state index is -0.185. The van der Waals surface area contributed by atoms with E-state index in [0.717, 1.165) is 43.8 Å². The Balaban J connectivity index is 1.84. The second kappa shape index (κ2) is 6.52. The molecule has 0 radical (unpaired) electrons. The van der Waals surface area contributed by atoms with Crippen molar-refractivity contribution in [3.05, 3.63) is 36.3 Å². The monoisotopic (exact) mass is 250 g/mol. The molecule has 0 aliphatic carbocycles. The molecule has 0 atom stereocenters. The minimum Gasteiger partial charge on any atom is -0.380 e. The highest BCUT2D eigenvalue weighted by Gasteiger charge is 2.01. The number of hydrogen-bond acceptors (Lipinski definition) is 2. The molecule has 1 aromatic carbocycles. The van der Waals surface area contributed by atoms with Crippen LogP contribution in [0.4, 0.5) is 4.39 Å². The molecule has 0 aliphatic rings. The van der Waals surface area contributed by atoms with E-state index in [4.69, 9.17) is 4.74 Å². The Morgan fingerprint density at radius 1 is 1.28 bits per heavy atom. The van der Waals surface area contributed by atoms with Gasteiger partial charge in [-0.3, -0.25) is 0 Å². The molecule has 1 heterocycles. The zero-order valence-corrected chi connectivity index (χ0v) is 10.7. The van der Waals surface area contributed by atoms with Gasteiger partial charge in [0.2, 0.25) is 0 Å². The van der Waals surface area contributed by atoms with Crippen LogP contribution in [0.5, 0.6) is 0 Å². The second-order valence-electron chi connectivity index (χ2n) is 4.16. The number of ether oxygens (including phenoxy) is 1. The number of hydrogen-bond donors (Lipinski definition) is 1. The molecule has 18 heavy (non-hydrogen) atoms. The zero-order valence-electron chi connectivity index (χ0n) is 10.7. The number of aromatic nitrogens is 1. The topological polar surface area (TPSA) is 26.2 Å². The van der Waals surface area contributed by atoms with Crippen LogP contribution in [0.3, 0.4) is 0 Å². The number of halogens is 1. The first-order valence-electron chi connectivity index (χ1n) is 6.34.